The topological polar surface area (TPSA) is 54.0 Å². The van der Waals surface area contributed by atoms with Gasteiger partial charge in [0, 0.05) is 25.0 Å². The van der Waals surface area contributed by atoms with E-state index >= 15 is 0 Å². The number of nitrogens with zero attached hydrogens (tertiary/aromatic N) is 1. The molecule has 0 radical (unpaired) electrons. The van der Waals surface area contributed by atoms with Crippen molar-refractivity contribution in [1.29, 1.82) is 0 Å². The lowest BCUT2D eigenvalue weighted by atomic mass is 10.1. The Morgan fingerprint density at radius 2 is 2.33 bits per heavy atom. The molecule has 4 heteroatoms. The van der Waals surface area contributed by atoms with E-state index in [1.807, 2.05) is 19.1 Å². The molecular weight excluding hydrogens is 226 g/mol. The highest BCUT2D eigenvalue weighted by Gasteiger charge is 2.27. The van der Waals surface area contributed by atoms with E-state index in [2.05, 4.69) is 22.5 Å². The van der Waals surface area contributed by atoms with Gasteiger partial charge in [0.2, 0.25) is 0 Å². The lowest BCUT2D eigenvalue weighted by molar-refractivity contribution is 0.0951. The summed E-state index contributed by atoms with van der Waals surface area (Å²) >= 11 is 0. The maximum Gasteiger partial charge on any atom is 0.269 e. The predicted molar refractivity (Wildman–Crippen MR) is 72.6 cm³/mol. The quantitative estimate of drug-likeness (QED) is 0.811. The molecular formula is C14H21N3O. The first-order chi connectivity index (χ1) is 8.70. The average Bonchev–Trinajstić information content (AvgIpc) is 3.21. The van der Waals surface area contributed by atoms with Crippen LogP contribution in [0.5, 0.6) is 0 Å². The number of nitrogens with one attached hydrogen (secondary N) is 2. The molecule has 0 aromatic carbocycles. The van der Waals surface area contributed by atoms with Crippen LogP contribution in [0.1, 0.15) is 37.2 Å². The summed E-state index contributed by atoms with van der Waals surface area (Å²) in [5, 5.41) is 6.14. The van der Waals surface area contributed by atoms with Gasteiger partial charge in [-0.3, -0.25) is 9.78 Å². The van der Waals surface area contributed by atoms with Gasteiger partial charge < -0.3 is 10.6 Å². The summed E-state index contributed by atoms with van der Waals surface area (Å²) in [5.74, 6) is 1.48. The molecule has 1 aromatic heterocycles. The van der Waals surface area contributed by atoms with Gasteiger partial charge in [0.25, 0.3) is 5.91 Å². The molecule has 1 heterocycles. The van der Waals surface area contributed by atoms with E-state index in [1.54, 1.807) is 6.20 Å². The van der Waals surface area contributed by atoms with Gasteiger partial charge in [-0.25, -0.2) is 0 Å². The molecule has 1 fully saturated rings. The van der Waals surface area contributed by atoms with Gasteiger partial charge in [0.15, 0.2) is 0 Å². The summed E-state index contributed by atoms with van der Waals surface area (Å²) < 4.78 is 0. The fourth-order valence-corrected chi connectivity index (χ4v) is 2.03. The molecule has 4 nitrogen and oxygen atoms in total. The maximum atomic E-state index is 11.7. The lowest BCUT2D eigenvalue weighted by Crippen LogP contribution is -2.23. The van der Waals surface area contributed by atoms with Crippen LogP contribution in [0.15, 0.2) is 18.3 Å². The van der Waals surface area contributed by atoms with Crippen molar-refractivity contribution in [3.63, 3.8) is 0 Å². The van der Waals surface area contributed by atoms with Crippen LogP contribution in [0.2, 0.25) is 0 Å². The van der Waals surface area contributed by atoms with Crippen molar-refractivity contribution in [3.05, 3.63) is 24.0 Å². The Morgan fingerprint density at radius 1 is 1.56 bits per heavy atom. The second-order valence-corrected chi connectivity index (χ2v) is 4.98. The highest BCUT2D eigenvalue weighted by molar-refractivity contribution is 5.93. The Hall–Kier alpha value is -1.58. The van der Waals surface area contributed by atoms with E-state index in [0.717, 1.165) is 18.2 Å². The van der Waals surface area contributed by atoms with Crippen LogP contribution in [-0.4, -0.2) is 24.0 Å². The van der Waals surface area contributed by atoms with Crippen LogP contribution in [0.4, 0.5) is 5.69 Å². The van der Waals surface area contributed by atoms with Gasteiger partial charge in [-0.1, -0.05) is 6.92 Å². The van der Waals surface area contributed by atoms with Gasteiger partial charge in [-0.05, 0) is 43.7 Å². The average molecular weight is 247 g/mol. The number of hydrogen-bond acceptors (Lipinski definition) is 3. The second-order valence-electron chi connectivity index (χ2n) is 4.98. The lowest BCUT2D eigenvalue weighted by Gasteiger charge is -2.13. The van der Waals surface area contributed by atoms with Crippen molar-refractivity contribution >= 4 is 11.6 Å². The monoisotopic (exact) mass is 247 g/mol. The molecule has 1 aliphatic carbocycles. The third kappa shape index (κ3) is 3.45. The summed E-state index contributed by atoms with van der Waals surface area (Å²) in [5.41, 5.74) is 1.44. The van der Waals surface area contributed by atoms with Gasteiger partial charge >= 0.3 is 0 Å². The minimum Gasteiger partial charge on any atom is -0.385 e. The van der Waals surface area contributed by atoms with Crippen molar-refractivity contribution in [3.8, 4) is 0 Å². The summed E-state index contributed by atoms with van der Waals surface area (Å²) in [4.78, 5) is 15.7. The minimum atomic E-state index is -0.114. The third-order valence-electron chi connectivity index (χ3n) is 3.38. The molecule has 1 atom stereocenters. The van der Waals surface area contributed by atoms with Crippen LogP contribution in [0.25, 0.3) is 0 Å². The molecule has 1 aliphatic rings. The zero-order valence-electron chi connectivity index (χ0n) is 11.1. The smallest absolute Gasteiger partial charge is 0.269 e. The normalized spacial score (nSPS) is 16.1. The SMILES string of the molecule is CCNC(=O)c1cc(NCC(C)C2CC2)ccn1. The van der Waals surface area contributed by atoms with Crippen LogP contribution in [-0.2, 0) is 0 Å². The van der Waals surface area contributed by atoms with Crippen molar-refractivity contribution < 1.29 is 4.79 Å². The highest BCUT2D eigenvalue weighted by atomic mass is 16.1. The molecule has 0 spiro atoms. The van der Waals surface area contributed by atoms with Crippen molar-refractivity contribution in [2.75, 3.05) is 18.4 Å². The molecule has 2 rings (SSSR count). The van der Waals surface area contributed by atoms with Gasteiger partial charge in [0.05, 0.1) is 0 Å². The molecule has 1 unspecified atom stereocenters. The van der Waals surface area contributed by atoms with E-state index < -0.39 is 0 Å². The number of aromatic nitrogens is 1. The Morgan fingerprint density at radius 3 is 3.00 bits per heavy atom. The zero-order chi connectivity index (χ0) is 13.0. The first-order valence-electron chi connectivity index (χ1n) is 6.68. The van der Waals surface area contributed by atoms with Gasteiger partial charge in [0.1, 0.15) is 5.69 Å². The van der Waals surface area contributed by atoms with E-state index in [9.17, 15) is 4.79 Å². The Kier molecular flexibility index (Phi) is 4.18. The van der Waals surface area contributed by atoms with Crippen LogP contribution < -0.4 is 10.6 Å². The second kappa shape index (κ2) is 5.85. The fraction of sp³-hybridized carbons (Fsp3) is 0.571. The summed E-state index contributed by atoms with van der Waals surface area (Å²) in [6.07, 6.45) is 4.40. The number of carbonyl (C=O) groups excluding carboxylic acids is 1. The number of hydrogen-bond donors (Lipinski definition) is 2. The van der Waals surface area contributed by atoms with Gasteiger partial charge in [-0.15, -0.1) is 0 Å². The number of carbonyl (C=O) groups is 1. The molecule has 18 heavy (non-hydrogen) atoms. The predicted octanol–water partition coefficient (Wildman–Crippen LogP) is 2.29. The fourth-order valence-electron chi connectivity index (χ4n) is 2.03. The first kappa shape index (κ1) is 12.9. The molecule has 2 N–H and O–H groups in total. The Labute approximate surface area is 108 Å². The molecule has 0 saturated heterocycles. The summed E-state index contributed by atoms with van der Waals surface area (Å²) in [7, 11) is 0. The van der Waals surface area contributed by atoms with Crippen LogP contribution >= 0.6 is 0 Å². The first-order valence-corrected chi connectivity index (χ1v) is 6.68. The standard InChI is InChI=1S/C14H21N3O/c1-3-15-14(18)13-8-12(6-7-16-13)17-9-10(2)11-4-5-11/h6-8,10-11H,3-5,9H2,1-2H3,(H,15,18)(H,16,17). The van der Waals surface area contributed by atoms with E-state index in [0.29, 0.717) is 18.2 Å². The number of pyridine rings is 1. The molecule has 98 valence electrons. The molecule has 1 saturated carbocycles. The molecule has 1 aromatic rings. The highest BCUT2D eigenvalue weighted by Crippen LogP contribution is 2.36. The molecule has 0 aliphatic heterocycles. The van der Waals surface area contributed by atoms with Crippen LogP contribution in [0, 0.1) is 11.8 Å². The molecule has 1 amide bonds. The Balaban J connectivity index is 1.91. The van der Waals surface area contributed by atoms with E-state index in [-0.39, 0.29) is 5.91 Å². The third-order valence-corrected chi connectivity index (χ3v) is 3.38. The van der Waals surface area contributed by atoms with Crippen molar-refractivity contribution in [2.45, 2.75) is 26.7 Å². The zero-order valence-corrected chi connectivity index (χ0v) is 11.1. The number of rotatable bonds is 6. The summed E-state index contributed by atoms with van der Waals surface area (Å²) in [6.45, 7) is 5.76. The van der Waals surface area contributed by atoms with Crippen LogP contribution in [0.3, 0.4) is 0 Å². The maximum absolute atomic E-state index is 11.7. The Bertz CT molecular complexity index is 415. The minimum absolute atomic E-state index is 0.114. The van der Waals surface area contributed by atoms with Gasteiger partial charge in [-0.2, -0.15) is 0 Å². The van der Waals surface area contributed by atoms with E-state index in [1.165, 1.54) is 12.8 Å². The number of anilines is 1. The van der Waals surface area contributed by atoms with Crippen molar-refractivity contribution in [1.82, 2.24) is 10.3 Å². The van der Waals surface area contributed by atoms with Crippen molar-refractivity contribution in [2.24, 2.45) is 11.8 Å². The number of amides is 1. The largest absolute Gasteiger partial charge is 0.385 e. The summed E-state index contributed by atoms with van der Waals surface area (Å²) in [6, 6.07) is 3.72. The van der Waals surface area contributed by atoms with E-state index in [4.69, 9.17) is 0 Å². The molecule has 0 bridgehead atoms.